The van der Waals surface area contributed by atoms with Gasteiger partial charge in [-0.25, -0.2) is 4.52 Å². The maximum absolute atomic E-state index is 11.8. The fraction of sp³-hybridized carbons (Fsp3) is 0.222. The number of fused-ring (bicyclic) bond motifs is 1. The lowest BCUT2D eigenvalue weighted by molar-refractivity contribution is 0.0982. The molecule has 0 saturated heterocycles. The molecule has 4 heteroatoms. The van der Waals surface area contributed by atoms with Crippen LogP contribution < -0.4 is 5.32 Å². The standard InChI is InChI=1S/C18H19N3O/c1-2-5-18(22)14-7-9-16(10-8-14)19-12-15-13-20-21-11-4-3-6-17(15)21/h3-4,6-11,13,19H,2,5,12H2,1H3. The molecule has 0 aliphatic heterocycles. The van der Waals surface area contributed by atoms with E-state index in [9.17, 15) is 4.79 Å². The first kappa shape index (κ1) is 14.3. The number of Topliss-reactive ketones (excluding diaryl/α,β-unsaturated/α-hetero) is 1. The van der Waals surface area contributed by atoms with Crippen molar-refractivity contribution >= 4 is 17.0 Å². The van der Waals surface area contributed by atoms with Crippen LogP contribution in [0.15, 0.2) is 54.9 Å². The first-order chi connectivity index (χ1) is 10.8. The van der Waals surface area contributed by atoms with E-state index in [1.54, 1.807) is 0 Å². The normalized spacial score (nSPS) is 10.8. The van der Waals surface area contributed by atoms with E-state index >= 15 is 0 Å². The number of carbonyl (C=O) groups excluding carboxylic acids is 1. The van der Waals surface area contributed by atoms with Crippen LogP contribution in [0.25, 0.3) is 5.52 Å². The summed E-state index contributed by atoms with van der Waals surface area (Å²) in [7, 11) is 0. The maximum atomic E-state index is 11.8. The van der Waals surface area contributed by atoms with Crippen LogP contribution in [0, 0.1) is 0 Å². The Labute approximate surface area is 129 Å². The van der Waals surface area contributed by atoms with E-state index in [2.05, 4.69) is 16.5 Å². The Hall–Kier alpha value is -2.62. The van der Waals surface area contributed by atoms with Gasteiger partial charge >= 0.3 is 0 Å². The second-order valence-electron chi connectivity index (χ2n) is 5.30. The average Bonchev–Trinajstić information content (AvgIpc) is 2.97. The Morgan fingerprint density at radius 3 is 2.77 bits per heavy atom. The largest absolute Gasteiger partial charge is 0.381 e. The zero-order chi connectivity index (χ0) is 15.4. The van der Waals surface area contributed by atoms with Gasteiger partial charge in [-0.2, -0.15) is 5.10 Å². The molecule has 0 saturated carbocycles. The number of pyridine rings is 1. The number of benzene rings is 1. The third kappa shape index (κ3) is 3.01. The molecule has 0 unspecified atom stereocenters. The molecule has 112 valence electrons. The lowest BCUT2D eigenvalue weighted by Gasteiger charge is -2.06. The van der Waals surface area contributed by atoms with E-state index < -0.39 is 0 Å². The van der Waals surface area contributed by atoms with Crippen LogP contribution in [-0.4, -0.2) is 15.4 Å². The minimum Gasteiger partial charge on any atom is -0.381 e. The summed E-state index contributed by atoms with van der Waals surface area (Å²) in [6.07, 6.45) is 5.30. The van der Waals surface area contributed by atoms with Crippen molar-refractivity contribution < 1.29 is 4.79 Å². The number of anilines is 1. The zero-order valence-electron chi connectivity index (χ0n) is 12.6. The van der Waals surface area contributed by atoms with Crippen molar-refractivity contribution in [1.82, 2.24) is 9.61 Å². The summed E-state index contributed by atoms with van der Waals surface area (Å²) in [4.78, 5) is 11.8. The molecule has 0 atom stereocenters. The van der Waals surface area contributed by atoms with Crippen molar-refractivity contribution in [2.45, 2.75) is 26.3 Å². The van der Waals surface area contributed by atoms with Crippen LogP contribution >= 0.6 is 0 Å². The van der Waals surface area contributed by atoms with E-state index in [0.29, 0.717) is 13.0 Å². The fourth-order valence-corrected chi connectivity index (χ4v) is 2.47. The molecule has 2 aromatic heterocycles. The number of aromatic nitrogens is 2. The summed E-state index contributed by atoms with van der Waals surface area (Å²) >= 11 is 0. The van der Waals surface area contributed by atoms with Crippen LogP contribution in [0.1, 0.15) is 35.7 Å². The Bertz CT molecular complexity index is 774. The summed E-state index contributed by atoms with van der Waals surface area (Å²) in [5.74, 6) is 0.205. The molecule has 1 aromatic carbocycles. The highest BCUT2D eigenvalue weighted by molar-refractivity contribution is 5.96. The van der Waals surface area contributed by atoms with Crippen LogP contribution in [0.2, 0.25) is 0 Å². The molecule has 0 amide bonds. The number of rotatable bonds is 6. The van der Waals surface area contributed by atoms with E-state index in [0.717, 1.165) is 28.8 Å². The quantitative estimate of drug-likeness (QED) is 0.700. The Morgan fingerprint density at radius 1 is 1.18 bits per heavy atom. The highest BCUT2D eigenvalue weighted by Crippen LogP contribution is 2.15. The second-order valence-corrected chi connectivity index (χ2v) is 5.30. The highest BCUT2D eigenvalue weighted by Gasteiger charge is 2.05. The first-order valence-corrected chi connectivity index (χ1v) is 7.56. The Morgan fingerprint density at radius 2 is 2.00 bits per heavy atom. The smallest absolute Gasteiger partial charge is 0.162 e. The molecule has 0 radical (unpaired) electrons. The molecule has 2 heterocycles. The van der Waals surface area contributed by atoms with Crippen LogP contribution in [0.4, 0.5) is 5.69 Å². The van der Waals surface area contributed by atoms with Gasteiger partial charge in [-0.1, -0.05) is 13.0 Å². The van der Waals surface area contributed by atoms with Gasteiger partial charge in [-0.3, -0.25) is 4.79 Å². The molecule has 0 bridgehead atoms. The predicted octanol–water partition coefficient (Wildman–Crippen LogP) is 3.93. The number of hydrogen-bond acceptors (Lipinski definition) is 3. The SMILES string of the molecule is CCCC(=O)c1ccc(NCc2cnn3ccccc23)cc1. The molecule has 0 fully saturated rings. The van der Waals surface area contributed by atoms with Crippen molar-refractivity contribution in [1.29, 1.82) is 0 Å². The summed E-state index contributed by atoms with van der Waals surface area (Å²) in [5.41, 5.74) is 4.03. The molecular formula is C18H19N3O. The number of nitrogens with zero attached hydrogens (tertiary/aromatic N) is 2. The molecule has 0 aliphatic rings. The second kappa shape index (κ2) is 6.43. The summed E-state index contributed by atoms with van der Waals surface area (Å²) < 4.78 is 1.86. The van der Waals surface area contributed by atoms with Crippen LogP contribution in [0.3, 0.4) is 0 Å². The lowest BCUT2D eigenvalue weighted by atomic mass is 10.1. The van der Waals surface area contributed by atoms with Crippen molar-refractivity contribution in [2.75, 3.05) is 5.32 Å². The number of carbonyl (C=O) groups is 1. The summed E-state index contributed by atoms with van der Waals surface area (Å²) in [6.45, 7) is 2.72. The minimum atomic E-state index is 0.205. The van der Waals surface area contributed by atoms with Gasteiger partial charge in [0.25, 0.3) is 0 Å². The minimum absolute atomic E-state index is 0.205. The highest BCUT2D eigenvalue weighted by atomic mass is 16.1. The molecule has 3 aromatic rings. The number of hydrogen-bond donors (Lipinski definition) is 1. The van der Waals surface area contributed by atoms with Crippen molar-refractivity contribution in [2.24, 2.45) is 0 Å². The molecule has 1 N–H and O–H groups in total. The number of ketones is 1. The van der Waals surface area contributed by atoms with Gasteiger partial charge in [-0.05, 0) is 42.8 Å². The van der Waals surface area contributed by atoms with Gasteiger partial charge in [0.05, 0.1) is 11.7 Å². The van der Waals surface area contributed by atoms with Gasteiger partial charge in [0.15, 0.2) is 5.78 Å². The van der Waals surface area contributed by atoms with Gasteiger partial charge in [0.1, 0.15) is 0 Å². The van der Waals surface area contributed by atoms with Gasteiger partial charge in [0.2, 0.25) is 0 Å². The van der Waals surface area contributed by atoms with Crippen molar-refractivity contribution in [3.8, 4) is 0 Å². The first-order valence-electron chi connectivity index (χ1n) is 7.56. The van der Waals surface area contributed by atoms with Gasteiger partial charge in [0, 0.05) is 36.0 Å². The monoisotopic (exact) mass is 293 g/mol. The predicted molar refractivity (Wildman–Crippen MR) is 88.2 cm³/mol. The van der Waals surface area contributed by atoms with Gasteiger partial charge in [-0.15, -0.1) is 0 Å². The van der Waals surface area contributed by atoms with E-state index in [-0.39, 0.29) is 5.78 Å². The molecule has 0 aliphatic carbocycles. The Balaban J connectivity index is 1.68. The van der Waals surface area contributed by atoms with E-state index in [1.165, 1.54) is 0 Å². The maximum Gasteiger partial charge on any atom is 0.162 e. The Kier molecular flexibility index (Phi) is 4.19. The van der Waals surface area contributed by atoms with Crippen LogP contribution in [0.5, 0.6) is 0 Å². The topological polar surface area (TPSA) is 46.4 Å². The molecule has 22 heavy (non-hydrogen) atoms. The molecular weight excluding hydrogens is 274 g/mol. The lowest BCUT2D eigenvalue weighted by Crippen LogP contribution is -2.01. The molecule has 0 spiro atoms. The van der Waals surface area contributed by atoms with E-state index in [4.69, 9.17) is 0 Å². The van der Waals surface area contributed by atoms with E-state index in [1.807, 2.05) is 60.2 Å². The summed E-state index contributed by atoms with van der Waals surface area (Å²) in [5, 5.41) is 7.69. The molecule has 3 rings (SSSR count). The number of nitrogens with one attached hydrogen (secondary N) is 1. The zero-order valence-corrected chi connectivity index (χ0v) is 12.6. The third-order valence-electron chi connectivity index (χ3n) is 3.67. The molecule has 4 nitrogen and oxygen atoms in total. The van der Waals surface area contributed by atoms with Gasteiger partial charge < -0.3 is 5.32 Å². The summed E-state index contributed by atoms with van der Waals surface area (Å²) in [6, 6.07) is 13.7. The van der Waals surface area contributed by atoms with Crippen LogP contribution in [-0.2, 0) is 6.54 Å². The average molecular weight is 293 g/mol. The van der Waals surface area contributed by atoms with Crippen molar-refractivity contribution in [3.63, 3.8) is 0 Å². The van der Waals surface area contributed by atoms with Crippen molar-refractivity contribution in [3.05, 3.63) is 66.0 Å². The fourth-order valence-electron chi connectivity index (χ4n) is 2.47. The third-order valence-corrected chi connectivity index (χ3v) is 3.67.